The van der Waals surface area contributed by atoms with Crippen LogP contribution in [0.2, 0.25) is 10.0 Å². The quantitative estimate of drug-likeness (QED) is 0.857. The lowest BCUT2D eigenvalue weighted by Gasteiger charge is -2.10. The van der Waals surface area contributed by atoms with Crippen molar-refractivity contribution >= 4 is 29.0 Å². The molecule has 0 saturated heterocycles. The van der Waals surface area contributed by atoms with Gasteiger partial charge < -0.3 is 9.84 Å². The molecule has 5 nitrogen and oxygen atoms in total. The number of halogens is 2. The second-order valence-electron chi connectivity index (χ2n) is 4.24. The topological polar surface area (TPSA) is 64.1 Å². The molecular formula is C14H14Cl2N2O3. The fraction of sp³-hybridized carbons (Fsp3) is 0.286. The maximum absolute atomic E-state index is 12.5. The molecule has 1 aromatic heterocycles. The van der Waals surface area contributed by atoms with E-state index in [0.29, 0.717) is 18.2 Å². The molecule has 0 saturated carbocycles. The Hall–Kier alpha value is -1.72. The van der Waals surface area contributed by atoms with Gasteiger partial charge in [0.15, 0.2) is 5.75 Å². The largest absolute Gasteiger partial charge is 0.491 e. The number of hydrogen-bond donors (Lipinski definition) is 1. The van der Waals surface area contributed by atoms with E-state index >= 15 is 0 Å². The minimum absolute atomic E-state index is 0.0310. The molecule has 0 aliphatic rings. The van der Waals surface area contributed by atoms with Gasteiger partial charge in [-0.15, -0.1) is 0 Å². The van der Waals surface area contributed by atoms with Gasteiger partial charge in [0.1, 0.15) is 5.56 Å². The summed E-state index contributed by atoms with van der Waals surface area (Å²) < 4.78 is 6.68. The van der Waals surface area contributed by atoms with E-state index in [2.05, 4.69) is 5.10 Å². The van der Waals surface area contributed by atoms with Gasteiger partial charge in [0.2, 0.25) is 5.78 Å². The van der Waals surface area contributed by atoms with Crippen molar-refractivity contribution in [2.24, 2.45) is 0 Å². The van der Waals surface area contributed by atoms with Crippen LogP contribution in [0, 0.1) is 0 Å². The Balaban J connectivity index is 2.51. The molecule has 0 unspecified atom stereocenters. The molecule has 0 radical (unpaired) electrons. The van der Waals surface area contributed by atoms with Gasteiger partial charge in [-0.25, -0.2) is 0 Å². The van der Waals surface area contributed by atoms with E-state index in [1.54, 1.807) is 13.8 Å². The molecule has 1 aromatic carbocycles. The molecule has 7 heteroatoms. The number of H-pyrrole nitrogens is 1. The van der Waals surface area contributed by atoms with Crippen molar-refractivity contribution in [3.8, 4) is 5.75 Å². The third-order valence-electron chi connectivity index (χ3n) is 2.98. The number of rotatable bonds is 5. The second-order valence-corrected chi connectivity index (χ2v) is 5.02. The number of aromatic amines is 1. The number of benzene rings is 1. The van der Waals surface area contributed by atoms with Gasteiger partial charge in [-0.3, -0.25) is 14.3 Å². The van der Waals surface area contributed by atoms with Crippen LogP contribution in [0.25, 0.3) is 0 Å². The van der Waals surface area contributed by atoms with Gasteiger partial charge in [-0.1, -0.05) is 23.2 Å². The predicted octanol–water partition coefficient (Wildman–Crippen LogP) is 3.13. The summed E-state index contributed by atoms with van der Waals surface area (Å²) in [6.45, 7) is 4.40. The van der Waals surface area contributed by atoms with E-state index in [-0.39, 0.29) is 27.5 Å². The minimum atomic E-state index is -0.467. The van der Waals surface area contributed by atoms with Crippen molar-refractivity contribution in [2.45, 2.75) is 20.4 Å². The average Bonchev–Trinajstić information content (AvgIpc) is 2.84. The number of hydrogen-bond acceptors (Lipinski definition) is 3. The van der Waals surface area contributed by atoms with Crippen molar-refractivity contribution in [3.63, 3.8) is 0 Å². The number of nitrogens with one attached hydrogen (secondary N) is 1. The summed E-state index contributed by atoms with van der Waals surface area (Å²) >= 11 is 12.2. The monoisotopic (exact) mass is 328 g/mol. The number of nitrogens with zero attached hydrogens (tertiary/aromatic N) is 1. The highest BCUT2D eigenvalue weighted by atomic mass is 35.5. The molecule has 112 valence electrons. The summed E-state index contributed by atoms with van der Waals surface area (Å²) in [5.41, 5.74) is -0.168. The van der Waals surface area contributed by atoms with E-state index in [1.807, 2.05) is 0 Å². The van der Waals surface area contributed by atoms with Gasteiger partial charge in [-0.2, -0.15) is 0 Å². The van der Waals surface area contributed by atoms with Crippen LogP contribution in [0.5, 0.6) is 5.75 Å². The first-order valence-electron chi connectivity index (χ1n) is 6.44. The number of aryl methyl sites for hydroxylation is 1. The number of ketones is 1. The van der Waals surface area contributed by atoms with Crippen LogP contribution < -0.4 is 10.3 Å². The Labute approximate surface area is 131 Å². The number of ether oxygens (including phenoxy) is 1. The van der Waals surface area contributed by atoms with Crippen molar-refractivity contribution in [1.82, 2.24) is 9.78 Å². The maximum atomic E-state index is 12.5. The van der Waals surface area contributed by atoms with E-state index in [1.165, 1.54) is 23.0 Å². The zero-order valence-corrected chi connectivity index (χ0v) is 13.1. The molecule has 0 aliphatic heterocycles. The molecule has 2 rings (SSSR count). The van der Waals surface area contributed by atoms with Crippen molar-refractivity contribution in [3.05, 3.63) is 49.9 Å². The van der Waals surface area contributed by atoms with Crippen LogP contribution in [-0.2, 0) is 6.54 Å². The average molecular weight is 329 g/mol. The Morgan fingerprint density at radius 1 is 1.29 bits per heavy atom. The maximum Gasteiger partial charge on any atom is 0.277 e. The molecule has 0 amide bonds. The Morgan fingerprint density at radius 3 is 2.57 bits per heavy atom. The Bertz CT molecular complexity index is 734. The van der Waals surface area contributed by atoms with Crippen molar-refractivity contribution < 1.29 is 9.53 Å². The highest BCUT2D eigenvalue weighted by Gasteiger charge is 2.22. The van der Waals surface area contributed by atoms with Gasteiger partial charge in [0, 0.05) is 18.3 Å². The zero-order valence-electron chi connectivity index (χ0n) is 11.6. The van der Waals surface area contributed by atoms with Gasteiger partial charge in [0.05, 0.1) is 16.7 Å². The summed E-state index contributed by atoms with van der Waals surface area (Å²) in [4.78, 5) is 24.5. The van der Waals surface area contributed by atoms with Crippen LogP contribution in [-0.4, -0.2) is 22.2 Å². The summed E-state index contributed by atoms with van der Waals surface area (Å²) in [6.07, 6.45) is 1.37. The van der Waals surface area contributed by atoms with Crippen LogP contribution >= 0.6 is 23.2 Å². The van der Waals surface area contributed by atoms with Crippen LogP contribution in [0.1, 0.15) is 29.8 Å². The molecule has 0 atom stereocenters. The summed E-state index contributed by atoms with van der Waals surface area (Å²) in [7, 11) is 0. The fourth-order valence-electron chi connectivity index (χ4n) is 1.94. The third-order valence-corrected chi connectivity index (χ3v) is 3.66. The van der Waals surface area contributed by atoms with E-state index < -0.39 is 5.78 Å². The van der Waals surface area contributed by atoms with Gasteiger partial charge in [-0.05, 0) is 26.0 Å². The third kappa shape index (κ3) is 2.84. The standard InChI is InChI=1S/C14H14Cl2N2O3/c1-3-18-14(20)9(7-17-18)12(19)8-5-6-10(15)13(11(8)16)21-4-2/h5-7,17H,3-4H2,1-2H3. The summed E-state index contributed by atoms with van der Waals surface area (Å²) in [5.74, 6) is -0.218. The fourth-order valence-corrected chi connectivity index (χ4v) is 2.50. The lowest BCUT2D eigenvalue weighted by atomic mass is 10.1. The first kappa shape index (κ1) is 15.7. The molecule has 0 aliphatic carbocycles. The molecule has 0 spiro atoms. The predicted molar refractivity (Wildman–Crippen MR) is 81.8 cm³/mol. The van der Waals surface area contributed by atoms with Crippen molar-refractivity contribution in [2.75, 3.05) is 6.61 Å². The molecule has 0 bridgehead atoms. The lowest BCUT2D eigenvalue weighted by Crippen LogP contribution is -2.21. The molecular weight excluding hydrogens is 315 g/mol. The van der Waals surface area contributed by atoms with Crippen LogP contribution in [0.15, 0.2) is 23.1 Å². The van der Waals surface area contributed by atoms with Gasteiger partial charge >= 0.3 is 0 Å². The zero-order chi connectivity index (χ0) is 15.6. The smallest absolute Gasteiger partial charge is 0.277 e. The molecule has 1 N–H and O–H groups in total. The molecule has 2 aromatic rings. The normalized spacial score (nSPS) is 10.7. The lowest BCUT2D eigenvalue weighted by molar-refractivity contribution is 0.103. The first-order valence-corrected chi connectivity index (χ1v) is 7.20. The van der Waals surface area contributed by atoms with E-state index in [0.717, 1.165) is 0 Å². The SMILES string of the molecule is CCOc1c(Cl)ccc(C(=O)c2c[nH]n(CC)c2=O)c1Cl. The summed E-state index contributed by atoms with van der Waals surface area (Å²) in [5, 5.41) is 3.16. The second kappa shape index (κ2) is 6.37. The van der Waals surface area contributed by atoms with Crippen molar-refractivity contribution in [1.29, 1.82) is 0 Å². The Kier molecular flexibility index (Phi) is 4.75. The van der Waals surface area contributed by atoms with Gasteiger partial charge in [0.25, 0.3) is 5.56 Å². The van der Waals surface area contributed by atoms with Crippen LogP contribution in [0.3, 0.4) is 0 Å². The number of carbonyl (C=O) groups is 1. The number of aromatic nitrogens is 2. The highest BCUT2D eigenvalue weighted by Crippen LogP contribution is 2.36. The van der Waals surface area contributed by atoms with E-state index in [9.17, 15) is 9.59 Å². The summed E-state index contributed by atoms with van der Waals surface area (Å²) in [6, 6.07) is 3.01. The molecule has 1 heterocycles. The Morgan fingerprint density at radius 2 is 2.00 bits per heavy atom. The highest BCUT2D eigenvalue weighted by molar-refractivity contribution is 6.39. The van der Waals surface area contributed by atoms with E-state index in [4.69, 9.17) is 27.9 Å². The first-order chi connectivity index (χ1) is 10.0. The van der Waals surface area contributed by atoms with Crippen LogP contribution in [0.4, 0.5) is 0 Å². The minimum Gasteiger partial charge on any atom is -0.491 e. The number of carbonyl (C=O) groups excluding carboxylic acids is 1. The molecule has 21 heavy (non-hydrogen) atoms. The molecule has 0 fully saturated rings.